The van der Waals surface area contributed by atoms with E-state index < -0.39 is 10.0 Å². The molecule has 1 heterocycles. The van der Waals surface area contributed by atoms with Crippen LogP contribution in [0, 0.1) is 0 Å². The average Bonchev–Trinajstić information content (AvgIpc) is 2.26. The van der Waals surface area contributed by atoms with Gasteiger partial charge in [0.15, 0.2) is 0 Å². The molecule has 0 N–H and O–H groups in total. The Morgan fingerprint density at radius 1 is 1.31 bits per heavy atom. The number of aldehydes is 1. The van der Waals surface area contributed by atoms with Crippen LogP contribution in [0.25, 0.3) is 0 Å². The average molecular weight is 239 g/mol. The van der Waals surface area contributed by atoms with Gasteiger partial charge in [-0.1, -0.05) is 12.1 Å². The van der Waals surface area contributed by atoms with Gasteiger partial charge in [-0.25, -0.2) is 8.42 Å². The second-order valence-electron chi connectivity index (χ2n) is 3.99. The summed E-state index contributed by atoms with van der Waals surface area (Å²) in [7, 11) is -3.14. The lowest BCUT2D eigenvalue weighted by Gasteiger charge is -2.26. The summed E-state index contributed by atoms with van der Waals surface area (Å²) in [4.78, 5) is 10.6. The van der Waals surface area contributed by atoms with E-state index in [0.717, 1.165) is 17.4 Å². The molecule has 0 fully saturated rings. The molecule has 86 valence electrons. The van der Waals surface area contributed by atoms with E-state index in [2.05, 4.69) is 0 Å². The van der Waals surface area contributed by atoms with Gasteiger partial charge in [-0.15, -0.1) is 0 Å². The Morgan fingerprint density at radius 2 is 2.06 bits per heavy atom. The van der Waals surface area contributed by atoms with Crippen molar-refractivity contribution in [3.63, 3.8) is 0 Å². The molecule has 5 heteroatoms. The molecule has 0 saturated carbocycles. The number of hydrogen-bond donors (Lipinski definition) is 0. The van der Waals surface area contributed by atoms with Crippen LogP contribution in [0.1, 0.15) is 21.5 Å². The first-order valence-electron chi connectivity index (χ1n) is 5.03. The first kappa shape index (κ1) is 11.3. The number of sulfonamides is 1. The largest absolute Gasteiger partial charge is 0.298 e. The maximum absolute atomic E-state index is 11.4. The highest BCUT2D eigenvalue weighted by Gasteiger charge is 2.22. The van der Waals surface area contributed by atoms with Crippen molar-refractivity contribution in [1.29, 1.82) is 0 Å². The van der Waals surface area contributed by atoms with E-state index in [1.165, 1.54) is 10.6 Å². The predicted molar refractivity (Wildman–Crippen MR) is 60.8 cm³/mol. The Bertz CT molecular complexity index is 522. The van der Waals surface area contributed by atoms with Gasteiger partial charge in [0, 0.05) is 18.7 Å². The Balaban J connectivity index is 2.35. The summed E-state index contributed by atoms with van der Waals surface area (Å²) in [5, 5.41) is 0. The van der Waals surface area contributed by atoms with E-state index >= 15 is 0 Å². The van der Waals surface area contributed by atoms with Gasteiger partial charge in [0.05, 0.1) is 6.26 Å². The molecule has 0 unspecified atom stereocenters. The first-order chi connectivity index (χ1) is 7.50. The number of benzene rings is 1. The molecule has 0 radical (unpaired) electrons. The molecular formula is C11H13NO3S. The van der Waals surface area contributed by atoms with Crippen molar-refractivity contribution in [2.75, 3.05) is 12.8 Å². The Labute approximate surface area is 94.9 Å². The maximum atomic E-state index is 11.4. The zero-order chi connectivity index (χ0) is 11.8. The van der Waals surface area contributed by atoms with E-state index in [9.17, 15) is 13.2 Å². The van der Waals surface area contributed by atoms with Crippen LogP contribution in [0.3, 0.4) is 0 Å². The molecule has 1 aromatic rings. The van der Waals surface area contributed by atoms with Gasteiger partial charge in [0.25, 0.3) is 0 Å². The molecular weight excluding hydrogens is 226 g/mol. The van der Waals surface area contributed by atoms with E-state index in [4.69, 9.17) is 0 Å². The number of carbonyl (C=O) groups is 1. The zero-order valence-electron chi connectivity index (χ0n) is 9.01. The second kappa shape index (κ2) is 3.99. The van der Waals surface area contributed by atoms with Crippen LogP contribution in [-0.2, 0) is 23.0 Å². The predicted octanol–water partition coefficient (Wildman–Crippen LogP) is 0.817. The number of rotatable bonds is 2. The summed E-state index contributed by atoms with van der Waals surface area (Å²) in [6.07, 6.45) is 2.70. The lowest BCUT2D eigenvalue weighted by atomic mass is 9.99. The second-order valence-corrected chi connectivity index (χ2v) is 5.97. The van der Waals surface area contributed by atoms with E-state index in [0.29, 0.717) is 25.1 Å². The molecule has 0 bridgehead atoms. The van der Waals surface area contributed by atoms with Crippen LogP contribution >= 0.6 is 0 Å². The highest BCUT2D eigenvalue weighted by Crippen LogP contribution is 2.21. The van der Waals surface area contributed by atoms with Gasteiger partial charge in [0.1, 0.15) is 6.29 Å². The summed E-state index contributed by atoms with van der Waals surface area (Å²) in [5.74, 6) is 0. The van der Waals surface area contributed by atoms with Crippen molar-refractivity contribution < 1.29 is 13.2 Å². The van der Waals surface area contributed by atoms with Gasteiger partial charge in [0.2, 0.25) is 10.0 Å². The van der Waals surface area contributed by atoms with Gasteiger partial charge in [-0.2, -0.15) is 4.31 Å². The van der Waals surface area contributed by atoms with Crippen LogP contribution < -0.4 is 0 Å². The molecule has 0 aliphatic carbocycles. The van der Waals surface area contributed by atoms with Gasteiger partial charge >= 0.3 is 0 Å². The zero-order valence-corrected chi connectivity index (χ0v) is 9.83. The summed E-state index contributed by atoms with van der Waals surface area (Å²) >= 11 is 0. The molecule has 0 amide bonds. The van der Waals surface area contributed by atoms with Gasteiger partial charge in [-0.3, -0.25) is 4.79 Å². The Hall–Kier alpha value is -1.20. The first-order valence-corrected chi connectivity index (χ1v) is 6.87. The molecule has 0 saturated heterocycles. The van der Waals surface area contributed by atoms with Crippen LogP contribution in [0.4, 0.5) is 0 Å². The molecule has 0 spiro atoms. The molecule has 4 nitrogen and oxygen atoms in total. The van der Waals surface area contributed by atoms with Gasteiger partial charge in [-0.05, 0) is 23.6 Å². The molecule has 1 aromatic carbocycles. The van der Waals surface area contributed by atoms with Crippen LogP contribution in [-0.4, -0.2) is 31.8 Å². The highest BCUT2D eigenvalue weighted by atomic mass is 32.2. The smallest absolute Gasteiger partial charge is 0.211 e. The van der Waals surface area contributed by atoms with Crippen molar-refractivity contribution >= 4 is 16.3 Å². The lowest BCUT2D eigenvalue weighted by Crippen LogP contribution is -2.35. The lowest BCUT2D eigenvalue weighted by molar-refractivity contribution is 0.112. The van der Waals surface area contributed by atoms with Crippen LogP contribution in [0.15, 0.2) is 18.2 Å². The van der Waals surface area contributed by atoms with Crippen molar-refractivity contribution in [2.45, 2.75) is 13.0 Å². The maximum Gasteiger partial charge on any atom is 0.211 e. The fourth-order valence-corrected chi connectivity index (χ4v) is 2.70. The van der Waals surface area contributed by atoms with E-state index in [-0.39, 0.29) is 0 Å². The Kier molecular flexibility index (Phi) is 2.82. The number of carbonyl (C=O) groups excluding carboxylic acids is 1. The minimum Gasteiger partial charge on any atom is -0.298 e. The van der Waals surface area contributed by atoms with E-state index in [1.54, 1.807) is 12.1 Å². The third-order valence-electron chi connectivity index (χ3n) is 2.81. The van der Waals surface area contributed by atoms with E-state index in [1.807, 2.05) is 6.07 Å². The van der Waals surface area contributed by atoms with Crippen LogP contribution in [0.5, 0.6) is 0 Å². The standard InChI is InChI=1S/C11H13NO3S/c1-16(14,15)12-5-4-10-3-2-9(8-13)6-11(10)7-12/h2-3,6,8H,4-5,7H2,1H3. The summed E-state index contributed by atoms with van der Waals surface area (Å²) in [6.45, 7) is 0.891. The summed E-state index contributed by atoms with van der Waals surface area (Å²) < 4.78 is 24.2. The fraction of sp³-hybridized carbons (Fsp3) is 0.364. The molecule has 16 heavy (non-hydrogen) atoms. The summed E-state index contributed by atoms with van der Waals surface area (Å²) in [6, 6.07) is 5.43. The SMILES string of the molecule is CS(=O)(=O)N1CCc2ccc(C=O)cc2C1. The minimum atomic E-state index is -3.14. The highest BCUT2D eigenvalue weighted by molar-refractivity contribution is 7.88. The third-order valence-corrected chi connectivity index (χ3v) is 4.06. The molecule has 0 aromatic heterocycles. The Morgan fingerprint density at radius 3 is 2.69 bits per heavy atom. The minimum absolute atomic E-state index is 0.371. The van der Waals surface area contributed by atoms with Crippen molar-refractivity contribution in [2.24, 2.45) is 0 Å². The quantitative estimate of drug-likeness (QED) is 0.718. The normalized spacial score (nSPS) is 16.8. The molecule has 2 rings (SSSR count). The topological polar surface area (TPSA) is 54.5 Å². The third kappa shape index (κ3) is 2.15. The van der Waals surface area contributed by atoms with Crippen LogP contribution in [0.2, 0.25) is 0 Å². The summed E-state index contributed by atoms with van der Waals surface area (Å²) in [5.41, 5.74) is 2.65. The van der Waals surface area contributed by atoms with Crippen molar-refractivity contribution in [1.82, 2.24) is 4.31 Å². The van der Waals surface area contributed by atoms with Crippen molar-refractivity contribution in [3.05, 3.63) is 34.9 Å². The number of nitrogens with zero attached hydrogens (tertiary/aromatic N) is 1. The molecule has 1 aliphatic heterocycles. The van der Waals surface area contributed by atoms with Gasteiger partial charge < -0.3 is 0 Å². The molecule has 0 atom stereocenters. The fourth-order valence-electron chi connectivity index (χ4n) is 1.91. The van der Waals surface area contributed by atoms with Crippen molar-refractivity contribution in [3.8, 4) is 0 Å². The molecule has 1 aliphatic rings. The number of fused-ring (bicyclic) bond motifs is 1. The number of hydrogen-bond acceptors (Lipinski definition) is 3. The monoisotopic (exact) mass is 239 g/mol.